The monoisotopic (exact) mass is 383 g/mol. The zero-order valence-electron chi connectivity index (χ0n) is 14.7. The lowest BCUT2D eigenvalue weighted by Crippen LogP contribution is -2.40. The zero-order valence-corrected chi connectivity index (χ0v) is 15.5. The standard InChI is InChI=1S/C18H20ClF2N3O2/c1-18(2,3)26-17(25)24(11-15(20)21)16-6-4-5-13(23-16)9-12-7-8-14(19)22-10-12/h4-8,10,15H,9,11H2,1-3H3. The van der Waals surface area contributed by atoms with Crippen LogP contribution in [0.15, 0.2) is 36.5 Å². The zero-order chi connectivity index (χ0) is 19.3. The fourth-order valence-electron chi connectivity index (χ4n) is 2.15. The molecule has 0 atom stereocenters. The molecule has 0 aliphatic carbocycles. The van der Waals surface area contributed by atoms with Crippen molar-refractivity contribution in [2.24, 2.45) is 0 Å². The van der Waals surface area contributed by atoms with E-state index >= 15 is 0 Å². The van der Waals surface area contributed by atoms with Gasteiger partial charge in [0.25, 0.3) is 6.43 Å². The number of anilines is 1. The second kappa shape index (κ2) is 8.40. The van der Waals surface area contributed by atoms with E-state index in [1.54, 1.807) is 51.2 Å². The molecular weight excluding hydrogens is 364 g/mol. The molecule has 0 fully saturated rings. The van der Waals surface area contributed by atoms with Crippen molar-refractivity contribution in [3.05, 3.63) is 52.9 Å². The Labute approximate surface area is 156 Å². The van der Waals surface area contributed by atoms with Gasteiger partial charge in [0.2, 0.25) is 0 Å². The molecule has 8 heteroatoms. The van der Waals surface area contributed by atoms with Crippen LogP contribution >= 0.6 is 11.6 Å². The third kappa shape index (κ3) is 6.22. The van der Waals surface area contributed by atoms with Gasteiger partial charge < -0.3 is 4.74 Å². The van der Waals surface area contributed by atoms with Crippen LogP contribution in [0.4, 0.5) is 19.4 Å². The molecule has 0 saturated heterocycles. The first-order valence-corrected chi connectivity index (χ1v) is 8.37. The molecule has 1 amide bonds. The maximum absolute atomic E-state index is 13.0. The second-order valence-electron chi connectivity index (χ2n) is 6.64. The Kier molecular flexibility index (Phi) is 6.47. The molecule has 2 heterocycles. The van der Waals surface area contributed by atoms with Crippen molar-refractivity contribution in [2.45, 2.75) is 39.2 Å². The van der Waals surface area contributed by atoms with Gasteiger partial charge in [-0.25, -0.2) is 23.5 Å². The SMILES string of the molecule is CC(C)(C)OC(=O)N(CC(F)F)c1cccc(Cc2ccc(Cl)nc2)n1. The van der Waals surface area contributed by atoms with Gasteiger partial charge in [-0.05, 0) is 44.5 Å². The van der Waals surface area contributed by atoms with Crippen molar-refractivity contribution in [3.8, 4) is 0 Å². The van der Waals surface area contributed by atoms with Crippen molar-refractivity contribution in [1.82, 2.24) is 9.97 Å². The minimum Gasteiger partial charge on any atom is -0.443 e. The van der Waals surface area contributed by atoms with Gasteiger partial charge in [0.1, 0.15) is 16.6 Å². The number of ether oxygens (including phenoxy) is 1. The molecule has 0 aromatic carbocycles. The highest BCUT2D eigenvalue weighted by Crippen LogP contribution is 2.19. The molecule has 0 spiro atoms. The largest absolute Gasteiger partial charge is 0.443 e. The van der Waals surface area contributed by atoms with Gasteiger partial charge in [0.15, 0.2) is 0 Å². The lowest BCUT2D eigenvalue weighted by molar-refractivity contribution is 0.0542. The molecule has 0 aliphatic heterocycles. The number of alkyl halides is 2. The Bertz CT molecular complexity index is 749. The van der Waals surface area contributed by atoms with Gasteiger partial charge in [0.05, 0.1) is 6.54 Å². The summed E-state index contributed by atoms with van der Waals surface area (Å²) in [6.45, 7) is 4.21. The lowest BCUT2D eigenvalue weighted by Gasteiger charge is -2.26. The van der Waals surface area contributed by atoms with Crippen molar-refractivity contribution in [1.29, 1.82) is 0 Å². The first kappa shape index (κ1) is 20.0. The fraction of sp³-hybridized carbons (Fsp3) is 0.389. The molecule has 140 valence electrons. The van der Waals surface area contributed by atoms with Gasteiger partial charge in [-0.1, -0.05) is 23.7 Å². The highest BCUT2D eigenvalue weighted by Gasteiger charge is 2.26. The molecule has 2 rings (SSSR count). The summed E-state index contributed by atoms with van der Waals surface area (Å²) in [7, 11) is 0. The normalized spacial score (nSPS) is 11.5. The summed E-state index contributed by atoms with van der Waals surface area (Å²) in [6, 6.07) is 8.35. The van der Waals surface area contributed by atoms with E-state index in [2.05, 4.69) is 9.97 Å². The summed E-state index contributed by atoms with van der Waals surface area (Å²) < 4.78 is 31.1. The summed E-state index contributed by atoms with van der Waals surface area (Å²) in [5.74, 6) is 0.110. The van der Waals surface area contributed by atoms with Gasteiger partial charge in [0, 0.05) is 18.3 Å². The Morgan fingerprint density at radius 3 is 2.58 bits per heavy atom. The van der Waals surface area contributed by atoms with E-state index in [0.717, 1.165) is 10.5 Å². The predicted molar refractivity (Wildman–Crippen MR) is 95.9 cm³/mol. The first-order chi connectivity index (χ1) is 12.1. The summed E-state index contributed by atoms with van der Waals surface area (Å²) in [4.78, 5) is 21.5. The van der Waals surface area contributed by atoms with E-state index in [-0.39, 0.29) is 5.82 Å². The molecule has 0 bridgehead atoms. The number of carbonyl (C=O) groups excluding carboxylic acids is 1. The molecule has 26 heavy (non-hydrogen) atoms. The third-order valence-corrected chi connectivity index (χ3v) is 3.40. The fourth-order valence-corrected chi connectivity index (χ4v) is 2.26. The molecule has 0 saturated carbocycles. The highest BCUT2D eigenvalue weighted by molar-refractivity contribution is 6.29. The van der Waals surface area contributed by atoms with Gasteiger partial charge in [-0.15, -0.1) is 0 Å². The van der Waals surface area contributed by atoms with Crippen LogP contribution in [0.25, 0.3) is 0 Å². The first-order valence-electron chi connectivity index (χ1n) is 7.99. The Morgan fingerprint density at radius 1 is 1.27 bits per heavy atom. The van der Waals surface area contributed by atoms with Crippen molar-refractivity contribution >= 4 is 23.5 Å². The van der Waals surface area contributed by atoms with E-state index in [1.165, 1.54) is 6.07 Å². The molecule has 0 radical (unpaired) electrons. The minimum atomic E-state index is -2.71. The maximum Gasteiger partial charge on any atom is 0.416 e. The molecule has 0 unspecified atom stereocenters. The molecule has 0 N–H and O–H groups in total. The van der Waals surface area contributed by atoms with E-state index in [0.29, 0.717) is 17.3 Å². The van der Waals surface area contributed by atoms with Crippen LogP contribution in [0.1, 0.15) is 32.0 Å². The van der Waals surface area contributed by atoms with Gasteiger partial charge >= 0.3 is 6.09 Å². The van der Waals surface area contributed by atoms with Crippen molar-refractivity contribution in [3.63, 3.8) is 0 Å². The number of rotatable bonds is 5. The van der Waals surface area contributed by atoms with E-state index in [9.17, 15) is 13.6 Å². The number of nitrogens with zero attached hydrogens (tertiary/aromatic N) is 3. The molecule has 2 aromatic rings. The number of pyridine rings is 2. The predicted octanol–water partition coefficient (Wildman–Crippen LogP) is 4.73. The quantitative estimate of drug-likeness (QED) is 0.700. The molecule has 0 aliphatic rings. The Hall–Kier alpha value is -2.28. The number of halogens is 3. The average molecular weight is 384 g/mol. The summed E-state index contributed by atoms with van der Waals surface area (Å²) in [5, 5.41) is 0.378. The Morgan fingerprint density at radius 2 is 2.00 bits per heavy atom. The van der Waals surface area contributed by atoms with Crippen LogP contribution < -0.4 is 4.90 Å². The van der Waals surface area contributed by atoms with Crippen LogP contribution in [-0.2, 0) is 11.2 Å². The second-order valence-corrected chi connectivity index (χ2v) is 7.02. The topological polar surface area (TPSA) is 55.3 Å². The molecule has 2 aromatic heterocycles. The smallest absolute Gasteiger partial charge is 0.416 e. The molecular formula is C18H20ClF2N3O2. The number of aromatic nitrogens is 2. The number of hydrogen-bond acceptors (Lipinski definition) is 4. The molecule has 5 nitrogen and oxygen atoms in total. The van der Waals surface area contributed by atoms with Crippen LogP contribution in [-0.4, -0.2) is 34.6 Å². The van der Waals surface area contributed by atoms with Crippen LogP contribution in [0, 0.1) is 0 Å². The van der Waals surface area contributed by atoms with E-state index < -0.39 is 24.7 Å². The number of carbonyl (C=O) groups is 1. The lowest BCUT2D eigenvalue weighted by atomic mass is 10.1. The summed E-state index contributed by atoms with van der Waals surface area (Å²) in [6.07, 6.45) is -1.54. The number of hydrogen-bond donors (Lipinski definition) is 0. The van der Waals surface area contributed by atoms with E-state index in [1.807, 2.05) is 0 Å². The van der Waals surface area contributed by atoms with Crippen molar-refractivity contribution < 1.29 is 18.3 Å². The maximum atomic E-state index is 13.0. The summed E-state index contributed by atoms with van der Waals surface area (Å²) in [5.41, 5.74) is 0.663. The Balaban J connectivity index is 2.24. The minimum absolute atomic E-state index is 0.110. The van der Waals surface area contributed by atoms with Crippen LogP contribution in [0.3, 0.4) is 0 Å². The van der Waals surface area contributed by atoms with Gasteiger partial charge in [-0.2, -0.15) is 0 Å². The van der Waals surface area contributed by atoms with E-state index in [4.69, 9.17) is 16.3 Å². The average Bonchev–Trinajstić information content (AvgIpc) is 2.53. The number of amides is 1. The third-order valence-electron chi connectivity index (χ3n) is 3.18. The van der Waals surface area contributed by atoms with Crippen LogP contribution in [0.2, 0.25) is 5.15 Å². The van der Waals surface area contributed by atoms with Crippen LogP contribution in [0.5, 0.6) is 0 Å². The summed E-state index contributed by atoms with van der Waals surface area (Å²) >= 11 is 5.76. The highest BCUT2D eigenvalue weighted by atomic mass is 35.5. The van der Waals surface area contributed by atoms with Gasteiger partial charge in [-0.3, -0.25) is 4.90 Å². The van der Waals surface area contributed by atoms with Crippen molar-refractivity contribution in [2.75, 3.05) is 11.4 Å².